The lowest BCUT2D eigenvalue weighted by atomic mass is 10.1. The van der Waals surface area contributed by atoms with Crippen LogP contribution in [0, 0.1) is 6.92 Å². The Labute approximate surface area is 249 Å². The normalized spacial score (nSPS) is 12.8. The standard InChI is InChI=1S/C32H40ClN3O4S/c1-6-24(5)34-32(38)29(8-3)35(21-25-15-17-27(33)18-16-25)31(37)22-36(30-12-10-9-11-26(30)7-2)41(39,40)28-19-13-23(4)14-20-28/h9-20,24,29H,6-8,21-22H2,1-5H3,(H,34,38)/t24-,29+/m1/s1. The fourth-order valence-corrected chi connectivity index (χ4v) is 6.13. The molecule has 0 radical (unpaired) electrons. The Morgan fingerprint density at radius 1 is 0.902 bits per heavy atom. The summed E-state index contributed by atoms with van der Waals surface area (Å²) in [4.78, 5) is 29.2. The predicted molar refractivity (Wildman–Crippen MR) is 166 cm³/mol. The van der Waals surface area contributed by atoms with Gasteiger partial charge in [-0.15, -0.1) is 0 Å². The summed E-state index contributed by atoms with van der Waals surface area (Å²) in [7, 11) is -4.12. The van der Waals surface area contributed by atoms with Crippen LogP contribution in [0.25, 0.3) is 0 Å². The topological polar surface area (TPSA) is 86.8 Å². The molecule has 0 aliphatic rings. The predicted octanol–water partition coefficient (Wildman–Crippen LogP) is 6.13. The first-order valence-corrected chi connectivity index (χ1v) is 15.8. The Bertz CT molecular complexity index is 1430. The number of amides is 2. The molecule has 0 aliphatic heterocycles. The molecule has 1 N–H and O–H groups in total. The van der Waals surface area contributed by atoms with Gasteiger partial charge in [-0.05, 0) is 74.6 Å². The summed E-state index contributed by atoms with van der Waals surface area (Å²) >= 11 is 6.09. The zero-order chi connectivity index (χ0) is 30.2. The number of sulfonamides is 1. The molecule has 41 heavy (non-hydrogen) atoms. The molecular formula is C32H40ClN3O4S. The van der Waals surface area contributed by atoms with Crippen molar-refractivity contribution in [3.8, 4) is 0 Å². The van der Waals surface area contributed by atoms with Crippen LogP contribution in [0.3, 0.4) is 0 Å². The number of nitrogens with zero attached hydrogens (tertiary/aromatic N) is 2. The van der Waals surface area contributed by atoms with E-state index in [4.69, 9.17) is 11.6 Å². The number of benzene rings is 3. The average molecular weight is 598 g/mol. The molecule has 0 saturated heterocycles. The van der Waals surface area contributed by atoms with Crippen molar-refractivity contribution in [3.05, 3.63) is 94.5 Å². The molecule has 2 atom stereocenters. The Hall–Kier alpha value is -3.36. The maximum Gasteiger partial charge on any atom is 0.264 e. The largest absolute Gasteiger partial charge is 0.352 e. The highest BCUT2D eigenvalue weighted by atomic mass is 35.5. The third kappa shape index (κ3) is 8.11. The highest BCUT2D eigenvalue weighted by Crippen LogP contribution is 2.28. The van der Waals surface area contributed by atoms with Gasteiger partial charge in [0.2, 0.25) is 11.8 Å². The van der Waals surface area contributed by atoms with E-state index in [-0.39, 0.29) is 23.4 Å². The van der Waals surface area contributed by atoms with Crippen LogP contribution in [-0.4, -0.2) is 43.8 Å². The molecule has 0 spiro atoms. The lowest BCUT2D eigenvalue weighted by Crippen LogP contribution is -2.53. The van der Waals surface area contributed by atoms with Crippen LogP contribution >= 0.6 is 11.6 Å². The first kappa shape index (κ1) is 32.2. The number of nitrogens with one attached hydrogen (secondary N) is 1. The fourth-order valence-electron chi connectivity index (χ4n) is 4.55. The summed E-state index contributed by atoms with van der Waals surface area (Å²) in [5.41, 5.74) is 2.93. The molecule has 2 amide bonds. The molecule has 0 unspecified atom stereocenters. The summed E-state index contributed by atoms with van der Waals surface area (Å²) < 4.78 is 29.3. The van der Waals surface area contributed by atoms with Gasteiger partial charge in [0.1, 0.15) is 12.6 Å². The number of para-hydroxylation sites is 1. The quantitative estimate of drug-likeness (QED) is 0.257. The second-order valence-electron chi connectivity index (χ2n) is 10.2. The van der Waals surface area contributed by atoms with E-state index in [2.05, 4.69) is 5.32 Å². The molecule has 7 nitrogen and oxygen atoms in total. The zero-order valence-electron chi connectivity index (χ0n) is 24.4. The second-order valence-corrected chi connectivity index (χ2v) is 12.5. The first-order valence-electron chi connectivity index (χ1n) is 14.0. The summed E-state index contributed by atoms with van der Waals surface area (Å²) in [5.74, 6) is -0.751. The van der Waals surface area contributed by atoms with Gasteiger partial charge in [-0.25, -0.2) is 8.42 Å². The minimum atomic E-state index is -4.12. The summed E-state index contributed by atoms with van der Waals surface area (Å²) in [6.07, 6.45) is 1.68. The maximum absolute atomic E-state index is 14.2. The van der Waals surface area contributed by atoms with Crippen molar-refractivity contribution in [1.82, 2.24) is 10.2 Å². The highest BCUT2D eigenvalue weighted by Gasteiger charge is 2.34. The fraction of sp³-hybridized carbons (Fsp3) is 0.375. The zero-order valence-corrected chi connectivity index (χ0v) is 26.0. The van der Waals surface area contributed by atoms with E-state index < -0.39 is 28.5 Å². The van der Waals surface area contributed by atoms with E-state index in [9.17, 15) is 18.0 Å². The SMILES string of the molecule is CCc1ccccc1N(CC(=O)N(Cc1ccc(Cl)cc1)[C@@H](CC)C(=O)N[C@H](C)CC)S(=O)(=O)c1ccc(C)cc1. The van der Waals surface area contributed by atoms with Crippen LogP contribution in [0.4, 0.5) is 5.69 Å². The van der Waals surface area contributed by atoms with E-state index in [1.165, 1.54) is 9.21 Å². The minimum Gasteiger partial charge on any atom is -0.352 e. The van der Waals surface area contributed by atoms with Gasteiger partial charge >= 0.3 is 0 Å². The van der Waals surface area contributed by atoms with Crippen molar-refractivity contribution in [2.24, 2.45) is 0 Å². The highest BCUT2D eigenvalue weighted by molar-refractivity contribution is 7.92. The van der Waals surface area contributed by atoms with Gasteiger partial charge in [-0.3, -0.25) is 13.9 Å². The summed E-state index contributed by atoms with van der Waals surface area (Å²) in [6, 6.07) is 19.9. The van der Waals surface area contributed by atoms with E-state index in [1.807, 2.05) is 46.8 Å². The van der Waals surface area contributed by atoms with Crippen LogP contribution in [0.1, 0.15) is 57.2 Å². The first-order chi connectivity index (χ1) is 19.5. The second kappa shape index (κ2) is 14.5. The van der Waals surface area contributed by atoms with Gasteiger partial charge in [-0.2, -0.15) is 0 Å². The van der Waals surface area contributed by atoms with Crippen molar-refractivity contribution in [3.63, 3.8) is 0 Å². The van der Waals surface area contributed by atoms with Crippen LogP contribution in [0.5, 0.6) is 0 Å². The lowest BCUT2D eigenvalue weighted by molar-refractivity contribution is -0.140. The van der Waals surface area contributed by atoms with Crippen molar-refractivity contribution in [2.45, 2.75) is 77.4 Å². The smallest absolute Gasteiger partial charge is 0.264 e. The molecule has 0 bridgehead atoms. The van der Waals surface area contributed by atoms with Crippen molar-refractivity contribution >= 4 is 39.1 Å². The molecule has 9 heteroatoms. The number of anilines is 1. The summed E-state index contributed by atoms with van der Waals surface area (Å²) in [5, 5.41) is 3.54. The van der Waals surface area contributed by atoms with E-state index in [0.29, 0.717) is 23.6 Å². The monoisotopic (exact) mass is 597 g/mol. The number of aryl methyl sites for hydroxylation is 2. The van der Waals surface area contributed by atoms with Gasteiger partial charge in [0.25, 0.3) is 10.0 Å². The van der Waals surface area contributed by atoms with Gasteiger partial charge in [-0.1, -0.05) is 80.4 Å². The number of halogens is 1. The molecule has 0 heterocycles. The Kier molecular flexibility index (Phi) is 11.4. The third-order valence-electron chi connectivity index (χ3n) is 7.18. The van der Waals surface area contributed by atoms with Crippen molar-refractivity contribution < 1.29 is 18.0 Å². The van der Waals surface area contributed by atoms with Gasteiger partial charge in [0.15, 0.2) is 0 Å². The van der Waals surface area contributed by atoms with Gasteiger partial charge < -0.3 is 10.2 Å². The molecule has 0 aliphatic carbocycles. The van der Waals surface area contributed by atoms with Crippen LogP contribution < -0.4 is 9.62 Å². The Balaban J connectivity index is 2.09. The van der Waals surface area contributed by atoms with Gasteiger partial charge in [0.05, 0.1) is 10.6 Å². The molecule has 0 aromatic heterocycles. The van der Waals surface area contributed by atoms with Crippen LogP contribution in [0.2, 0.25) is 5.02 Å². The Morgan fingerprint density at radius 3 is 2.12 bits per heavy atom. The van der Waals surface area contributed by atoms with Gasteiger partial charge in [0, 0.05) is 17.6 Å². The van der Waals surface area contributed by atoms with E-state index in [0.717, 1.165) is 23.1 Å². The van der Waals surface area contributed by atoms with Crippen molar-refractivity contribution in [2.75, 3.05) is 10.8 Å². The summed E-state index contributed by atoms with van der Waals surface area (Å²) in [6.45, 7) is 9.21. The number of rotatable bonds is 13. The number of carbonyl (C=O) groups excluding carboxylic acids is 2. The minimum absolute atomic E-state index is 0.0705. The molecule has 0 fully saturated rings. The molecular weight excluding hydrogens is 558 g/mol. The maximum atomic E-state index is 14.2. The van der Waals surface area contributed by atoms with Crippen molar-refractivity contribution in [1.29, 1.82) is 0 Å². The molecule has 3 aromatic carbocycles. The average Bonchev–Trinajstić information content (AvgIpc) is 2.96. The van der Waals surface area contributed by atoms with Crippen LogP contribution in [0.15, 0.2) is 77.7 Å². The van der Waals surface area contributed by atoms with E-state index in [1.54, 1.807) is 60.7 Å². The number of hydrogen-bond acceptors (Lipinski definition) is 4. The molecule has 220 valence electrons. The Morgan fingerprint density at radius 2 is 1.54 bits per heavy atom. The van der Waals surface area contributed by atoms with E-state index >= 15 is 0 Å². The van der Waals surface area contributed by atoms with Crippen LogP contribution in [-0.2, 0) is 32.6 Å². The molecule has 0 saturated carbocycles. The lowest BCUT2D eigenvalue weighted by Gasteiger charge is -2.34. The third-order valence-corrected chi connectivity index (χ3v) is 9.21. The molecule has 3 rings (SSSR count). The molecule has 3 aromatic rings. The number of carbonyl (C=O) groups is 2. The number of hydrogen-bond donors (Lipinski definition) is 1.